The molecule has 0 aliphatic carbocycles. The van der Waals surface area contributed by atoms with E-state index >= 15 is 0 Å². The highest BCUT2D eigenvalue weighted by Gasteiger charge is 2.10. The molecule has 0 unspecified atom stereocenters. The van der Waals surface area contributed by atoms with Crippen LogP contribution in [0.1, 0.15) is 5.56 Å². The quantitative estimate of drug-likeness (QED) is 0.350. The molecule has 19 heavy (non-hydrogen) atoms. The van der Waals surface area contributed by atoms with Gasteiger partial charge in [0.2, 0.25) is 0 Å². The molecule has 0 N–H and O–H groups in total. The summed E-state index contributed by atoms with van der Waals surface area (Å²) in [6.07, 6.45) is 1.71. The third-order valence-electron chi connectivity index (χ3n) is 3.51. The average Bonchev–Trinajstić information content (AvgIpc) is 2.78. The molecule has 0 atom stereocenters. The van der Waals surface area contributed by atoms with E-state index in [1.54, 1.807) is 18.4 Å². The second-order valence-electron chi connectivity index (χ2n) is 4.70. The molecule has 0 bridgehead atoms. The predicted octanol–water partition coefficient (Wildman–Crippen LogP) is 4.00. The van der Waals surface area contributed by atoms with Crippen molar-refractivity contribution >= 4 is 32.7 Å². The van der Waals surface area contributed by atoms with Crippen molar-refractivity contribution in [3.63, 3.8) is 0 Å². The van der Waals surface area contributed by atoms with Crippen LogP contribution in [0.5, 0.6) is 0 Å². The Kier molecular flexibility index (Phi) is 1.90. The summed E-state index contributed by atoms with van der Waals surface area (Å²) in [6.45, 7) is 2.00. The summed E-state index contributed by atoms with van der Waals surface area (Å²) in [5.41, 5.74) is 2.06. The fourth-order valence-corrected chi connectivity index (χ4v) is 2.53. The molecular formula is C16H10O3. The standard InChI is InChI=1S/C16H10O3/c1-9-8-18-14-7-15-13(6-12(9)14)10-4-2-3-5-11(10)16(17)19-15/h2-8H,1H3. The average molecular weight is 250 g/mol. The van der Waals surface area contributed by atoms with Crippen molar-refractivity contribution in [2.45, 2.75) is 6.92 Å². The number of rotatable bonds is 0. The van der Waals surface area contributed by atoms with Crippen LogP contribution in [0, 0.1) is 6.92 Å². The van der Waals surface area contributed by atoms with Crippen LogP contribution < -0.4 is 5.63 Å². The highest BCUT2D eigenvalue weighted by atomic mass is 16.4. The van der Waals surface area contributed by atoms with Crippen molar-refractivity contribution in [3.05, 3.63) is 58.6 Å². The van der Waals surface area contributed by atoms with Crippen LogP contribution in [-0.2, 0) is 0 Å². The summed E-state index contributed by atoms with van der Waals surface area (Å²) in [6, 6.07) is 11.3. The van der Waals surface area contributed by atoms with Crippen molar-refractivity contribution in [1.82, 2.24) is 0 Å². The van der Waals surface area contributed by atoms with Crippen LogP contribution >= 0.6 is 0 Å². The zero-order chi connectivity index (χ0) is 13.0. The normalized spacial score (nSPS) is 11.6. The van der Waals surface area contributed by atoms with Gasteiger partial charge in [0.15, 0.2) is 0 Å². The lowest BCUT2D eigenvalue weighted by molar-refractivity contribution is 0.567. The number of benzene rings is 2. The lowest BCUT2D eigenvalue weighted by atomic mass is 10.1. The van der Waals surface area contributed by atoms with E-state index in [9.17, 15) is 4.79 Å². The van der Waals surface area contributed by atoms with Gasteiger partial charge in [-0.15, -0.1) is 0 Å². The van der Waals surface area contributed by atoms with Crippen LogP contribution in [0.25, 0.3) is 32.7 Å². The minimum atomic E-state index is -0.314. The topological polar surface area (TPSA) is 43.4 Å². The van der Waals surface area contributed by atoms with E-state index in [4.69, 9.17) is 8.83 Å². The van der Waals surface area contributed by atoms with Crippen LogP contribution in [0.3, 0.4) is 0 Å². The number of hydrogen-bond donors (Lipinski definition) is 0. The number of hydrogen-bond acceptors (Lipinski definition) is 3. The molecule has 0 saturated carbocycles. The minimum Gasteiger partial charge on any atom is -0.464 e. The third-order valence-corrected chi connectivity index (χ3v) is 3.51. The molecule has 2 aromatic heterocycles. The SMILES string of the molecule is Cc1coc2cc3oc(=O)c4ccccc4c3cc12. The first-order chi connectivity index (χ1) is 9.24. The van der Waals surface area contributed by atoms with Crippen molar-refractivity contribution in [2.75, 3.05) is 0 Å². The maximum atomic E-state index is 11.9. The fourth-order valence-electron chi connectivity index (χ4n) is 2.53. The van der Waals surface area contributed by atoms with E-state index in [0.29, 0.717) is 11.0 Å². The molecule has 0 fully saturated rings. The van der Waals surface area contributed by atoms with Crippen molar-refractivity contribution < 1.29 is 8.83 Å². The molecule has 0 amide bonds. The minimum absolute atomic E-state index is 0.314. The van der Waals surface area contributed by atoms with Gasteiger partial charge in [0.05, 0.1) is 11.6 Å². The zero-order valence-corrected chi connectivity index (χ0v) is 10.3. The predicted molar refractivity (Wildman–Crippen MR) is 74.5 cm³/mol. The summed E-state index contributed by atoms with van der Waals surface area (Å²) in [5.74, 6) is 0. The Morgan fingerprint density at radius 3 is 2.53 bits per heavy atom. The Bertz CT molecular complexity index is 989. The van der Waals surface area contributed by atoms with Crippen LogP contribution in [0.15, 0.2) is 56.3 Å². The summed E-state index contributed by atoms with van der Waals surface area (Å²) in [7, 11) is 0. The molecule has 0 aliphatic heterocycles. The first kappa shape index (κ1) is 10.4. The van der Waals surface area contributed by atoms with E-state index < -0.39 is 0 Å². The maximum absolute atomic E-state index is 11.9. The van der Waals surface area contributed by atoms with Gasteiger partial charge in [0.25, 0.3) is 0 Å². The van der Waals surface area contributed by atoms with Gasteiger partial charge in [-0.2, -0.15) is 0 Å². The highest BCUT2D eigenvalue weighted by Crippen LogP contribution is 2.29. The Labute approximate surface area is 108 Å². The Balaban J connectivity index is 2.34. The van der Waals surface area contributed by atoms with Gasteiger partial charge in [-0.25, -0.2) is 4.79 Å². The smallest absolute Gasteiger partial charge is 0.344 e. The monoisotopic (exact) mass is 250 g/mol. The lowest BCUT2D eigenvalue weighted by Gasteiger charge is -2.02. The first-order valence-electron chi connectivity index (χ1n) is 6.07. The zero-order valence-electron chi connectivity index (χ0n) is 10.3. The van der Waals surface area contributed by atoms with Gasteiger partial charge in [-0.3, -0.25) is 0 Å². The molecular weight excluding hydrogens is 240 g/mol. The molecule has 0 saturated heterocycles. The molecule has 3 heteroatoms. The van der Waals surface area contributed by atoms with Gasteiger partial charge in [0.1, 0.15) is 11.2 Å². The van der Waals surface area contributed by atoms with Crippen LogP contribution in [-0.4, -0.2) is 0 Å². The van der Waals surface area contributed by atoms with Crippen molar-refractivity contribution in [2.24, 2.45) is 0 Å². The third kappa shape index (κ3) is 1.35. The van der Waals surface area contributed by atoms with Gasteiger partial charge >= 0.3 is 5.63 Å². The summed E-state index contributed by atoms with van der Waals surface area (Å²) >= 11 is 0. The molecule has 4 rings (SSSR count). The summed E-state index contributed by atoms with van der Waals surface area (Å²) < 4.78 is 10.8. The van der Waals surface area contributed by atoms with E-state index in [0.717, 1.165) is 27.3 Å². The van der Waals surface area contributed by atoms with Crippen molar-refractivity contribution in [1.29, 1.82) is 0 Å². The fraction of sp³-hybridized carbons (Fsp3) is 0.0625. The largest absolute Gasteiger partial charge is 0.464 e. The number of aryl methyl sites for hydroxylation is 1. The maximum Gasteiger partial charge on any atom is 0.344 e. The lowest BCUT2D eigenvalue weighted by Crippen LogP contribution is -1.99. The number of furan rings is 1. The molecule has 2 heterocycles. The Morgan fingerprint density at radius 1 is 0.895 bits per heavy atom. The van der Waals surface area contributed by atoms with Crippen molar-refractivity contribution in [3.8, 4) is 0 Å². The van der Waals surface area contributed by atoms with Gasteiger partial charge in [0, 0.05) is 16.8 Å². The Morgan fingerprint density at radius 2 is 1.68 bits per heavy atom. The second-order valence-corrected chi connectivity index (χ2v) is 4.70. The molecule has 3 nitrogen and oxygen atoms in total. The van der Waals surface area contributed by atoms with Gasteiger partial charge in [-0.1, -0.05) is 18.2 Å². The second kappa shape index (κ2) is 3.48. The molecule has 0 radical (unpaired) electrons. The molecule has 92 valence electrons. The Hall–Kier alpha value is -2.55. The molecule has 0 aliphatic rings. The summed E-state index contributed by atoms with van der Waals surface area (Å²) in [5, 5.41) is 3.51. The highest BCUT2D eigenvalue weighted by molar-refractivity contribution is 6.08. The van der Waals surface area contributed by atoms with Crippen LogP contribution in [0.2, 0.25) is 0 Å². The van der Waals surface area contributed by atoms with Gasteiger partial charge in [-0.05, 0) is 30.0 Å². The number of fused-ring (bicyclic) bond motifs is 4. The van der Waals surface area contributed by atoms with Crippen LogP contribution in [0.4, 0.5) is 0 Å². The van der Waals surface area contributed by atoms with E-state index in [1.807, 2.05) is 31.2 Å². The van der Waals surface area contributed by atoms with Gasteiger partial charge < -0.3 is 8.83 Å². The van der Waals surface area contributed by atoms with E-state index in [2.05, 4.69) is 0 Å². The molecule has 4 aromatic rings. The molecule has 2 aromatic carbocycles. The molecule has 0 spiro atoms. The van der Waals surface area contributed by atoms with E-state index in [-0.39, 0.29) is 5.63 Å². The first-order valence-corrected chi connectivity index (χ1v) is 6.07. The van der Waals surface area contributed by atoms with E-state index in [1.165, 1.54) is 0 Å². The summed E-state index contributed by atoms with van der Waals surface area (Å²) in [4.78, 5) is 11.9.